The summed E-state index contributed by atoms with van der Waals surface area (Å²) in [6, 6.07) is 1.80. The Morgan fingerprint density at radius 1 is 1.37 bits per heavy atom. The highest BCUT2D eigenvalue weighted by atomic mass is 35.5. The summed E-state index contributed by atoms with van der Waals surface area (Å²) in [7, 11) is 1.70. The summed E-state index contributed by atoms with van der Waals surface area (Å²) in [6.45, 7) is 1.91. The van der Waals surface area contributed by atoms with Crippen LogP contribution in [0.15, 0.2) is 17.5 Å². The Balaban J connectivity index is 2.29. The highest BCUT2D eigenvalue weighted by Gasteiger charge is 2.18. The van der Waals surface area contributed by atoms with E-state index >= 15 is 0 Å². The van der Waals surface area contributed by atoms with E-state index < -0.39 is 11.6 Å². The average Bonchev–Trinajstić information content (AvgIpc) is 2.77. The van der Waals surface area contributed by atoms with Crippen LogP contribution in [0.3, 0.4) is 0 Å². The number of nitrogens with one attached hydrogen (secondary N) is 1. The fourth-order valence-electron chi connectivity index (χ4n) is 1.88. The standard InChI is InChI=1S/C13H13ClF2N2S/c1-7-18-8(6-19-7)3-13(17-2)9-4-12(16)10(14)5-11(9)15/h4-6,13,17H,3H2,1-2H3. The maximum absolute atomic E-state index is 13.9. The molecule has 102 valence electrons. The maximum Gasteiger partial charge on any atom is 0.142 e. The zero-order valence-electron chi connectivity index (χ0n) is 10.5. The van der Waals surface area contributed by atoms with E-state index in [2.05, 4.69) is 10.3 Å². The van der Waals surface area contributed by atoms with E-state index in [4.69, 9.17) is 11.6 Å². The van der Waals surface area contributed by atoms with Crippen LogP contribution in [0.4, 0.5) is 8.78 Å². The van der Waals surface area contributed by atoms with Gasteiger partial charge < -0.3 is 5.32 Å². The van der Waals surface area contributed by atoms with Gasteiger partial charge in [0.25, 0.3) is 0 Å². The summed E-state index contributed by atoms with van der Waals surface area (Å²) in [5, 5.41) is 5.64. The highest BCUT2D eigenvalue weighted by Crippen LogP contribution is 2.26. The molecule has 0 aliphatic rings. The lowest BCUT2D eigenvalue weighted by Gasteiger charge is -2.16. The minimum Gasteiger partial charge on any atom is -0.313 e. The number of halogens is 3. The number of hydrogen-bond acceptors (Lipinski definition) is 3. The van der Waals surface area contributed by atoms with Gasteiger partial charge >= 0.3 is 0 Å². The van der Waals surface area contributed by atoms with Crippen LogP contribution < -0.4 is 5.32 Å². The van der Waals surface area contributed by atoms with Crippen molar-refractivity contribution in [2.75, 3.05) is 7.05 Å². The smallest absolute Gasteiger partial charge is 0.142 e. The minimum absolute atomic E-state index is 0.208. The molecule has 2 aromatic rings. The lowest BCUT2D eigenvalue weighted by Crippen LogP contribution is -2.20. The van der Waals surface area contributed by atoms with Crippen LogP contribution in [0, 0.1) is 18.6 Å². The van der Waals surface area contributed by atoms with Crippen LogP contribution in [-0.2, 0) is 6.42 Å². The minimum atomic E-state index is -0.618. The summed E-state index contributed by atoms with van der Waals surface area (Å²) in [6.07, 6.45) is 0.499. The van der Waals surface area contributed by atoms with E-state index in [1.807, 2.05) is 12.3 Å². The number of aromatic nitrogens is 1. The van der Waals surface area contributed by atoms with E-state index in [0.717, 1.165) is 22.8 Å². The van der Waals surface area contributed by atoms with E-state index in [0.29, 0.717) is 6.42 Å². The number of likely N-dealkylation sites (N-methyl/N-ethyl adjacent to an activating group) is 1. The van der Waals surface area contributed by atoms with Crippen molar-refractivity contribution in [2.24, 2.45) is 0 Å². The molecule has 1 atom stereocenters. The molecule has 6 heteroatoms. The molecular weight excluding hydrogens is 290 g/mol. The monoisotopic (exact) mass is 302 g/mol. The van der Waals surface area contributed by atoms with Gasteiger partial charge in [-0.25, -0.2) is 13.8 Å². The Labute approximate surface area is 119 Å². The molecule has 19 heavy (non-hydrogen) atoms. The van der Waals surface area contributed by atoms with Gasteiger partial charge in [-0.05, 0) is 26.1 Å². The second kappa shape index (κ2) is 5.94. The number of benzene rings is 1. The summed E-state index contributed by atoms with van der Waals surface area (Å²) in [5.74, 6) is -1.13. The molecule has 0 saturated carbocycles. The van der Waals surface area contributed by atoms with Crippen molar-refractivity contribution in [1.82, 2.24) is 10.3 Å². The summed E-state index contributed by atoms with van der Waals surface area (Å²) < 4.78 is 27.3. The normalized spacial score (nSPS) is 12.7. The lowest BCUT2D eigenvalue weighted by molar-refractivity contribution is 0.520. The molecule has 1 aromatic heterocycles. The predicted molar refractivity (Wildman–Crippen MR) is 73.7 cm³/mol. The van der Waals surface area contributed by atoms with Crippen LogP contribution in [0.5, 0.6) is 0 Å². The molecule has 0 spiro atoms. The fourth-order valence-corrected chi connectivity index (χ4v) is 2.66. The molecule has 0 radical (unpaired) electrons. The molecule has 1 N–H and O–H groups in total. The molecule has 0 amide bonds. The zero-order chi connectivity index (χ0) is 14.0. The molecule has 2 rings (SSSR count). The molecular formula is C13H13ClF2N2S. The number of rotatable bonds is 4. The Morgan fingerprint density at radius 3 is 2.68 bits per heavy atom. The topological polar surface area (TPSA) is 24.9 Å². The largest absolute Gasteiger partial charge is 0.313 e. The lowest BCUT2D eigenvalue weighted by atomic mass is 10.0. The number of nitrogens with zero attached hydrogens (tertiary/aromatic N) is 1. The Bertz CT molecular complexity index is 586. The third kappa shape index (κ3) is 3.29. The molecule has 1 unspecified atom stereocenters. The molecule has 0 aliphatic heterocycles. The van der Waals surface area contributed by atoms with Crippen molar-refractivity contribution < 1.29 is 8.78 Å². The van der Waals surface area contributed by atoms with Gasteiger partial charge in [0.15, 0.2) is 0 Å². The first kappa shape index (κ1) is 14.4. The van der Waals surface area contributed by atoms with Crippen molar-refractivity contribution in [2.45, 2.75) is 19.4 Å². The number of thiazole rings is 1. The van der Waals surface area contributed by atoms with Gasteiger partial charge in [-0.3, -0.25) is 0 Å². The quantitative estimate of drug-likeness (QED) is 0.867. The van der Waals surface area contributed by atoms with Gasteiger partial charge in [0.05, 0.1) is 15.7 Å². The SMILES string of the molecule is CNC(Cc1csc(C)n1)c1cc(F)c(Cl)cc1F. The summed E-state index contributed by atoms with van der Waals surface area (Å²) in [5.41, 5.74) is 1.12. The van der Waals surface area contributed by atoms with E-state index in [1.54, 1.807) is 7.05 Å². The zero-order valence-corrected chi connectivity index (χ0v) is 12.1. The van der Waals surface area contributed by atoms with E-state index in [-0.39, 0.29) is 16.6 Å². The van der Waals surface area contributed by atoms with Gasteiger partial charge in [0.1, 0.15) is 11.6 Å². The van der Waals surface area contributed by atoms with Crippen LogP contribution in [0.1, 0.15) is 22.3 Å². The van der Waals surface area contributed by atoms with Gasteiger partial charge in [-0.2, -0.15) is 0 Å². The van der Waals surface area contributed by atoms with E-state index in [9.17, 15) is 8.78 Å². The third-order valence-electron chi connectivity index (χ3n) is 2.84. The van der Waals surface area contributed by atoms with Gasteiger partial charge in [-0.15, -0.1) is 11.3 Å². The molecule has 0 bridgehead atoms. The first-order valence-electron chi connectivity index (χ1n) is 5.74. The van der Waals surface area contributed by atoms with Crippen LogP contribution in [0.2, 0.25) is 5.02 Å². The number of aryl methyl sites for hydroxylation is 1. The van der Waals surface area contributed by atoms with E-state index in [1.165, 1.54) is 11.3 Å². The van der Waals surface area contributed by atoms with Crippen molar-refractivity contribution >= 4 is 22.9 Å². The first-order valence-corrected chi connectivity index (χ1v) is 6.99. The molecule has 1 aromatic carbocycles. The molecule has 2 nitrogen and oxygen atoms in total. The van der Waals surface area contributed by atoms with Gasteiger partial charge in [0.2, 0.25) is 0 Å². The predicted octanol–water partition coefficient (Wildman–Crippen LogP) is 3.89. The van der Waals surface area contributed by atoms with Crippen molar-refractivity contribution in [3.05, 3.63) is 50.4 Å². The molecule has 0 saturated heterocycles. The Morgan fingerprint density at radius 2 is 2.11 bits per heavy atom. The highest BCUT2D eigenvalue weighted by molar-refractivity contribution is 7.09. The van der Waals surface area contributed by atoms with Crippen molar-refractivity contribution in [3.63, 3.8) is 0 Å². The summed E-state index contributed by atoms with van der Waals surface area (Å²) >= 11 is 7.09. The van der Waals surface area contributed by atoms with Gasteiger partial charge in [0, 0.05) is 23.4 Å². The molecule has 1 heterocycles. The van der Waals surface area contributed by atoms with Crippen LogP contribution >= 0.6 is 22.9 Å². The van der Waals surface area contributed by atoms with Crippen LogP contribution in [0.25, 0.3) is 0 Å². The molecule has 0 fully saturated rings. The fraction of sp³-hybridized carbons (Fsp3) is 0.308. The van der Waals surface area contributed by atoms with Crippen molar-refractivity contribution in [3.8, 4) is 0 Å². The maximum atomic E-state index is 13.9. The second-order valence-corrected chi connectivity index (χ2v) is 5.66. The van der Waals surface area contributed by atoms with Gasteiger partial charge in [-0.1, -0.05) is 11.6 Å². The number of hydrogen-bond donors (Lipinski definition) is 1. The summed E-state index contributed by atoms with van der Waals surface area (Å²) in [4.78, 5) is 4.33. The van der Waals surface area contributed by atoms with Crippen molar-refractivity contribution in [1.29, 1.82) is 0 Å². The average molecular weight is 303 g/mol. The Kier molecular flexibility index (Phi) is 4.50. The third-order valence-corrected chi connectivity index (χ3v) is 3.96. The van der Waals surface area contributed by atoms with Crippen LogP contribution in [-0.4, -0.2) is 12.0 Å². The second-order valence-electron chi connectivity index (χ2n) is 4.19. The first-order chi connectivity index (χ1) is 9.01. The molecule has 0 aliphatic carbocycles. The Hall–Kier alpha value is -1.04.